The van der Waals surface area contributed by atoms with Gasteiger partial charge in [-0.15, -0.1) is 11.3 Å². The first kappa shape index (κ1) is 13.3. The first-order valence-corrected chi connectivity index (χ1v) is 7.54. The molecule has 5 heteroatoms. The Morgan fingerprint density at radius 3 is 2.80 bits per heavy atom. The molecule has 0 aliphatic carbocycles. The SMILES string of the molecule is Cc1nc(-c2ccccc2)c(C(=O)N2CC[C@@H](N)C2)s1. The van der Waals surface area contributed by atoms with E-state index >= 15 is 0 Å². The summed E-state index contributed by atoms with van der Waals surface area (Å²) in [5.41, 5.74) is 7.67. The number of rotatable bonds is 2. The quantitative estimate of drug-likeness (QED) is 0.922. The molecule has 2 heterocycles. The second-order valence-corrected chi connectivity index (χ2v) is 6.28. The summed E-state index contributed by atoms with van der Waals surface area (Å²) >= 11 is 1.46. The largest absolute Gasteiger partial charge is 0.336 e. The van der Waals surface area contributed by atoms with Gasteiger partial charge in [0.2, 0.25) is 0 Å². The van der Waals surface area contributed by atoms with Gasteiger partial charge < -0.3 is 10.6 Å². The van der Waals surface area contributed by atoms with E-state index in [-0.39, 0.29) is 11.9 Å². The number of thiazole rings is 1. The molecule has 104 valence electrons. The van der Waals surface area contributed by atoms with Crippen LogP contribution in [-0.2, 0) is 0 Å². The summed E-state index contributed by atoms with van der Waals surface area (Å²) in [6.45, 7) is 3.32. The molecule has 1 aromatic carbocycles. The number of nitrogens with zero attached hydrogens (tertiary/aromatic N) is 2. The average molecular weight is 287 g/mol. The fourth-order valence-electron chi connectivity index (χ4n) is 2.48. The van der Waals surface area contributed by atoms with Crippen molar-refractivity contribution in [3.05, 3.63) is 40.2 Å². The number of carbonyl (C=O) groups is 1. The molecule has 0 bridgehead atoms. The molecule has 2 N–H and O–H groups in total. The second kappa shape index (κ2) is 5.34. The fourth-order valence-corrected chi connectivity index (χ4v) is 3.39. The molecule has 1 aliphatic heterocycles. The summed E-state index contributed by atoms with van der Waals surface area (Å²) in [7, 11) is 0. The molecular formula is C15H17N3OS. The molecule has 1 fully saturated rings. The van der Waals surface area contributed by atoms with Crippen LogP contribution in [0.1, 0.15) is 21.1 Å². The first-order valence-electron chi connectivity index (χ1n) is 6.73. The van der Waals surface area contributed by atoms with Crippen molar-refractivity contribution in [2.75, 3.05) is 13.1 Å². The molecule has 0 unspecified atom stereocenters. The summed E-state index contributed by atoms with van der Waals surface area (Å²) in [5, 5.41) is 0.913. The Bertz CT molecular complexity index is 623. The third kappa shape index (κ3) is 2.46. The highest BCUT2D eigenvalue weighted by Gasteiger charge is 2.28. The van der Waals surface area contributed by atoms with Crippen molar-refractivity contribution in [3.8, 4) is 11.3 Å². The maximum absolute atomic E-state index is 12.6. The lowest BCUT2D eigenvalue weighted by molar-refractivity contribution is 0.0796. The predicted octanol–water partition coefficient (Wildman–Crippen LogP) is 2.29. The topological polar surface area (TPSA) is 59.2 Å². The number of benzene rings is 1. The van der Waals surface area contributed by atoms with Crippen molar-refractivity contribution in [1.29, 1.82) is 0 Å². The van der Waals surface area contributed by atoms with Crippen LogP contribution in [0, 0.1) is 6.92 Å². The van der Waals surface area contributed by atoms with Gasteiger partial charge in [-0.25, -0.2) is 4.98 Å². The van der Waals surface area contributed by atoms with Gasteiger partial charge in [0.1, 0.15) is 4.88 Å². The Morgan fingerprint density at radius 2 is 2.15 bits per heavy atom. The molecule has 2 aromatic rings. The van der Waals surface area contributed by atoms with Crippen molar-refractivity contribution in [2.45, 2.75) is 19.4 Å². The molecule has 1 saturated heterocycles. The van der Waals surface area contributed by atoms with Crippen LogP contribution in [0.3, 0.4) is 0 Å². The van der Waals surface area contributed by atoms with Crippen LogP contribution in [-0.4, -0.2) is 34.9 Å². The van der Waals surface area contributed by atoms with Crippen LogP contribution in [0.5, 0.6) is 0 Å². The molecular weight excluding hydrogens is 270 g/mol. The number of aryl methyl sites for hydroxylation is 1. The lowest BCUT2D eigenvalue weighted by Crippen LogP contribution is -2.31. The number of carbonyl (C=O) groups excluding carboxylic acids is 1. The van der Waals surface area contributed by atoms with Crippen molar-refractivity contribution < 1.29 is 4.79 Å². The molecule has 0 radical (unpaired) electrons. The molecule has 3 rings (SSSR count). The number of hydrogen-bond donors (Lipinski definition) is 1. The minimum absolute atomic E-state index is 0.0578. The minimum Gasteiger partial charge on any atom is -0.336 e. The number of likely N-dealkylation sites (tertiary alicyclic amines) is 1. The van der Waals surface area contributed by atoms with E-state index in [1.165, 1.54) is 11.3 Å². The first-order chi connectivity index (χ1) is 9.65. The zero-order valence-electron chi connectivity index (χ0n) is 11.4. The fraction of sp³-hybridized carbons (Fsp3) is 0.333. The summed E-state index contributed by atoms with van der Waals surface area (Å²) in [4.78, 5) is 19.7. The van der Waals surface area contributed by atoms with E-state index in [1.807, 2.05) is 42.2 Å². The Labute approximate surface area is 122 Å². The van der Waals surface area contributed by atoms with Crippen LogP contribution < -0.4 is 5.73 Å². The normalized spacial score (nSPS) is 18.5. The van der Waals surface area contributed by atoms with E-state index in [9.17, 15) is 4.79 Å². The van der Waals surface area contributed by atoms with Crippen LogP contribution in [0.15, 0.2) is 30.3 Å². The smallest absolute Gasteiger partial charge is 0.266 e. The predicted molar refractivity (Wildman–Crippen MR) is 80.8 cm³/mol. The van der Waals surface area contributed by atoms with Gasteiger partial charge in [-0.2, -0.15) is 0 Å². The standard InChI is InChI=1S/C15H17N3OS/c1-10-17-13(11-5-3-2-4-6-11)14(20-10)15(19)18-8-7-12(16)9-18/h2-6,12H,7-9,16H2,1H3/t12-/m1/s1. The van der Waals surface area contributed by atoms with Gasteiger partial charge in [-0.1, -0.05) is 30.3 Å². The van der Waals surface area contributed by atoms with Crippen LogP contribution in [0.25, 0.3) is 11.3 Å². The molecule has 4 nitrogen and oxygen atoms in total. The maximum Gasteiger partial charge on any atom is 0.266 e. The molecule has 0 spiro atoms. The Kier molecular flexibility index (Phi) is 3.54. The van der Waals surface area contributed by atoms with Gasteiger partial charge in [-0.05, 0) is 13.3 Å². The summed E-state index contributed by atoms with van der Waals surface area (Å²) < 4.78 is 0. The Hall–Kier alpha value is -1.72. The Balaban J connectivity index is 1.96. The van der Waals surface area contributed by atoms with E-state index in [1.54, 1.807) is 0 Å². The third-order valence-corrected chi connectivity index (χ3v) is 4.45. The summed E-state index contributed by atoms with van der Waals surface area (Å²) in [6, 6.07) is 9.97. The van der Waals surface area contributed by atoms with Crippen LogP contribution in [0.4, 0.5) is 0 Å². The van der Waals surface area contributed by atoms with Gasteiger partial charge in [0, 0.05) is 24.7 Å². The van der Waals surface area contributed by atoms with Gasteiger partial charge in [0.15, 0.2) is 0 Å². The zero-order chi connectivity index (χ0) is 14.1. The molecule has 0 saturated carbocycles. The summed E-state index contributed by atoms with van der Waals surface area (Å²) in [5.74, 6) is 0.0578. The van der Waals surface area contributed by atoms with E-state index in [4.69, 9.17) is 5.73 Å². The van der Waals surface area contributed by atoms with E-state index < -0.39 is 0 Å². The highest BCUT2D eigenvalue weighted by Crippen LogP contribution is 2.29. The van der Waals surface area contributed by atoms with Gasteiger partial charge in [-0.3, -0.25) is 4.79 Å². The molecule has 1 aromatic heterocycles. The van der Waals surface area contributed by atoms with Crippen LogP contribution >= 0.6 is 11.3 Å². The number of aromatic nitrogens is 1. The maximum atomic E-state index is 12.6. The lowest BCUT2D eigenvalue weighted by atomic mass is 10.1. The van der Waals surface area contributed by atoms with Crippen molar-refractivity contribution in [1.82, 2.24) is 9.88 Å². The second-order valence-electron chi connectivity index (χ2n) is 5.08. The third-order valence-electron chi connectivity index (χ3n) is 3.49. The van der Waals surface area contributed by atoms with Crippen LogP contribution in [0.2, 0.25) is 0 Å². The number of hydrogen-bond acceptors (Lipinski definition) is 4. The molecule has 20 heavy (non-hydrogen) atoms. The van der Waals surface area contributed by atoms with E-state index in [2.05, 4.69) is 4.98 Å². The minimum atomic E-state index is 0.0578. The number of amides is 1. The van der Waals surface area contributed by atoms with Gasteiger partial charge >= 0.3 is 0 Å². The number of nitrogens with two attached hydrogens (primary N) is 1. The monoisotopic (exact) mass is 287 g/mol. The summed E-state index contributed by atoms with van der Waals surface area (Å²) in [6.07, 6.45) is 0.879. The Morgan fingerprint density at radius 1 is 1.40 bits per heavy atom. The van der Waals surface area contributed by atoms with E-state index in [0.29, 0.717) is 6.54 Å². The van der Waals surface area contributed by atoms with E-state index in [0.717, 1.165) is 34.1 Å². The van der Waals surface area contributed by atoms with Gasteiger partial charge in [0.05, 0.1) is 10.7 Å². The van der Waals surface area contributed by atoms with Crippen molar-refractivity contribution >= 4 is 17.2 Å². The molecule has 1 amide bonds. The van der Waals surface area contributed by atoms with Gasteiger partial charge in [0.25, 0.3) is 5.91 Å². The highest BCUT2D eigenvalue weighted by atomic mass is 32.1. The highest BCUT2D eigenvalue weighted by molar-refractivity contribution is 7.14. The van der Waals surface area contributed by atoms with Crippen molar-refractivity contribution in [2.24, 2.45) is 5.73 Å². The average Bonchev–Trinajstić information content (AvgIpc) is 3.05. The lowest BCUT2D eigenvalue weighted by Gasteiger charge is -2.15. The molecule has 1 atom stereocenters. The zero-order valence-corrected chi connectivity index (χ0v) is 12.2. The molecule has 1 aliphatic rings. The van der Waals surface area contributed by atoms with Crippen molar-refractivity contribution in [3.63, 3.8) is 0 Å².